The van der Waals surface area contributed by atoms with Gasteiger partial charge in [0.25, 0.3) is 5.89 Å². The van der Waals surface area contributed by atoms with Crippen LogP contribution < -0.4 is 0 Å². The monoisotopic (exact) mass is 280 g/mol. The Hall–Kier alpha value is -1.59. The van der Waals surface area contributed by atoms with Crippen LogP contribution in [0.4, 0.5) is 0 Å². The fourth-order valence-corrected chi connectivity index (χ4v) is 2.39. The van der Waals surface area contributed by atoms with E-state index >= 15 is 0 Å². The van der Waals surface area contributed by atoms with Gasteiger partial charge in [0.05, 0.1) is 5.56 Å². The molecule has 0 unspecified atom stereocenters. The summed E-state index contributed by atoms with van der Waals surface area (Å²) in [6.45, 7) is 0. The highest BCUT2D eigenvalue weighted by atomic mass is 35.5. The average molecular weight is 281 g/mol. The molecule has 0 amide bonds. The molecule has 0 atom stereocenters. The van der Waals surface area contributed by atoms with E-state index in [-0.39, 0.29) is 11.6 Å². The molecule has 0 spiro atoms. The molecule has 19 heavy (non-hydrogen) atoms. The van der Waals surface area contributed by atoms with Gasteiger partial charge in [-0.05, 0) is 37.5 Å². The van der Waals surface area contributed by atoms with Crippen molar-refractivity contribution in [3.05, 3.63) is 29.0 Å². The number of benzene rings is 1. The number of nitrogens with zero attached hydrogens (tertiary/aromatic N) is 2. The molecule has 0 radical (unpaired) electrons. The third-order valence-electron chi connectivity index (χ3n) is 3.58. The molecule has 1 aromatic carbocycles. The first-order valence-corrected chi connectivity index (χ1v) is 6.41. The lowest BCUT2D eigenvalue weighted by atomic mass is 9.79. The molecular weight excluding hydrogens is 268 g/mol. The van der Waals surface area contributed by atoms with E-state index < -0.39 is 5.60 Å². The quantitative estimate of drug-likeness (QED) is 0.935. The van der Waals surface area contributed by atoms with Crippen LogP contribution in [-0.2, 0) is 10.3 Å². The first kappa shape index (κ1) is 12.4. The Labute approximate surface area is 115 Å². The van der Waals surface area contributed by atoms with Gasteiger partial charge in [0.2, 0.25) is 5.82 Å². The predicted molar refractivity (Wildman–Crippen MR) is 68.9 cm³/mol. The summed E-state index contributed by atoms with van der Waals surface area (Å²) < 4.78 is 10.7. The van der Waals surface area contributed by atoms with E-state index in [2.05, 4.69) is 10.1 Å². The maximum atomic E-state index is 9.84. The summed E-state index contributed by atoms with van der Waals surface area (Å²) in [5.41, 5.74) is 0.0396. The molecule has 1 heterocycles. The molecule has 1 saturated carbocycles. The minimum atomic E-state index is -0.427. The second-order valence-electron chi connectivity index (χ2n) is 4.64. The number of hydrogen-bond acceptors (Lipinski definition) is 5. The second kappa shape index (κ2) is 4.51. The minimum Gasteiger partial charge on any atom is -0.507 e. The number of aromatic nitrogens is 2. The molecule has 1 aliphatic carbocycles. The number of ether oxygens (including phenoxy) is 1. The van der Waals surface area contributed by atoms with Crippen molar-refractivity contribution in [2.24, 2.45) is 0 Å². The van der Waals surface area contributed by atoms with E-state index in [1.807, 2.05) is 0 Å². The Bertz CT molecular complexity index is 602. The molecular formula is C13H13ClN2O3. The standard InChI is InChI=1S/C13H13ClN2O3/c1-18-13(5-2-6-13)12-15-11(19-16-12)9-4-3-8(14)7-10(9)17/h3-4,7,17H,2,5-6H2,1H3. The van der Waals surface area contributed by atoms with Crippen LogP contribution in [0.15, 0.2) is 22.7 Å². The third kappa shape index (κ3) is 1.99. The summed E-state index contributed by atoms with van der Waals surface area (Å²) in [6, 6.07) is 4.75. The summed E-state index contributed by atoms with van der Waals surface area (Å²) in [7, 11) is 1.65. The summed E-state index contributed by atoms with van der Waals surface area (Å²) >= 11 is 5.79. The van der Waals surface area contributed by atoms with E-state index in [0.717, 1.165) is 19.3 Å². The number of methoxy groups -OCH3 is 1. The summed E-state index contributed by atoms with van der Waals surface area (Å²) in [4.78, 5) is 4.33. The van der Waals surface area contributed by atoms with Gasteiger partial charge in [-0.15, -0.1) is 0 Å². The average Bonchev–Trinajstić information content (AvgIpc) is 2.78. The maximum absolute atomic E-state index is 9.84. The number of phenols is 1. The lowest BCUT2D eigenvalue weighted by Crippen LogP contribution is -2.37. The summed E-state index contributed by atoms with van der Waals surface area (Å²) in [6.07, 6.45) is 2.86. The van der Waals surface area contributed by atoms with Gasteiger partial charge in [0.15, 0.2) is 0 Å². The molecule has 2 aromatic rings. The zero-order valence-corrected chi connectivity index (χ0v) is 11.1. The third-order valence-corrected chi connectivity index (χ3v) is 3.81. The molecule has 0 aliphatic heterocycles. The summed E-state index contributed by atoms with van der Waals surface area (Å²) in [5.74, 6) is 0.820. The normalized spacial score (nSPS) is 17.2. The van der Waals surface area contributed by atoms with E-state index in [1.165, 1.54) is 6.07 Å². The van der Waals surface area contributed by atoms with Gasteiger partial charge < -0.3 is 14.4 Å². The van der Waals surface area contributed by atoms with Crippen LogP contribution in [0.25, 0.3) is 11.5 Å². The molecule has 0 bridgehead atoms. The molecule has 100 valence electrons. The first-order chi connectivity index (χ1) is 9.14. The number of phenolic OH excluding ortho intramolecular Hbond substituents is 1. The Balaban J connectivity index is 1.97. The van der Waals surface area contributed by atoms with Gasteiger partial charge in [0.1, 0.15) is 11.4 Å². The van der Waals surface area contributed by atoms with Gasteiger partial charge in [-0.2, -0.15) is 4.98 Å². The topological polar surface area (TPSA) is 68.4 Å². The van der Waals surface area contributed by atoms with Crippen molar-refractivity contribution in [3.63, 3.8) is 0 Å². The van der Waals surface area contributed by atoms with Crippen LogP contribution >= 0.6 is 11.6 Å². The maximum Gasteiger partial charge on any atom is 0.261 e. The molecule has 0 saturated heterocycles. The zero-order chi connectivity index (χ0) is 13.5. The fraction of sp³-hybridized carbons (Fsp3) is 0.385. The van der Waals surface area contributed by atoms with Crippen molar-refractivity contribution in [3.8, 4) is 17.2 Å². The van der Waals surface area contributed by atoms with Crippen LogP contribution in [0.3, 0.4) is 0 Å². The van der Waals surface area contributed by atoms with E-state index in [4.69, 9.17) is 20.9 Å². The first-order valence-electron chi connectivity index (χ1n) is 6.03. The Morgan fingerprint density at radius 3 is 2.79 bits per heavy atom. The van der Waals surface area contributed by atoms with Crippen molar-refractivity contribution in [1.82, 2.24) is 10.1 Å². The Morgan fingerprint density at radius 1 is 1.42 bits per heavy atom. The van der Waals surface area contributed by atoms with Crippen LogP contribution in [0.1, 0.15) is 25.1 Å². The van der Waals surface area contributed by atoms with Gasteiger partial charge >= 0.3 is 0 Å². The van der Waals surface area contributed by atoms with Crippen LogP contribution in [0.2, 0.25) is 5.02 Å². The summed E-state index contributed by atoms with van der Waals surface area (Å²) in [5, 5.41) is 14.3. The number of rotatable bonds is 3. The highest BCUT2D eigenvalue weighted by molar-refractivity contribution is 6.30. The largest absolute Gasteiger partial charge is 0.507 e. The highest BCUT2D eigenvalue weighted by Gasteiger charge is 2.43. The van der Waals surface area contributed by atoms with Crippen molar-refractivity contribution in [1.29, 1.82) is 0 Å². The SMILES string of the molecule is COC1(c2noc(-c3ccc(Cl)cc3O)n2)CCC1. The fourth-order valence-electron chi connectivity index (χ4n) is 2.22. The van der Waals surface area contributed by atoms with Crippen molar-refractivity contribution in [2.75, 3.05) is 7.11 Å². The highest BCUT2D eigenvalue weighted by Crippen LogP contribution is 2.43. The van der Waals surface area contributed by atoms with Crippen LogP contribution in [0, 0.1) is 0 Å². The van der Waals surface area contributed by atoms with Crippen molar-refractivity contribution >= 4 is 11.6 Å². The second-order valence-corrected chi connectivity index (χ2v) is 5.07. The van der Waals surface area contributed by atoms with E-state index in [0.29, 0.717) is 16.4 Å². The lowest BCUT2D eigenvalue weighted by molar-refractivity contribution is -0.0858. The van der Waals surface area contributed by atoms with Gasteiger partial charge in [-0.3, -0.25) is 0 Å². The molecule has 5 nitrogen and oxygen atoms in total. The van der Waals surface area contributed by atoms with Crippen LogP contribution in [0.5, 0.6) is 5.75 Å². The van der Waals surface area contributed by atoms with E-state index in [1.54, 1.807) is 19.2 Å². The Morgan fingerprint density at radius 2 is 2.21 bits per heavy atom. The Kier molecular flexibility index (Phi) is 2.95. The zero-order valence-electron chi connectivity index (χ0n) is 10.4. The van der Waals surface area contributed by atoms with Gasteiger partial charge in [-0.25, -0.2) is 0 Å². The lowest BCUT2D eigenvalue weighted by Gasteiger charge is -2.37. The predicted octanol–water partition coefficient (Wildman–Crippen LogP) is 3.12. The molecule has 3 rings (SSSR count). The molecule has 1 aromatic heterocycles. The smallest absolute Gasteiger partial charge is 0.261 e. The van der Waals surface area contributed by atoms with Crippen molar-refractivity contribution in [2.45, 2.75) is 24.9 Å². The molecule has 1 aliphatic rings. The van der Waals surface area contributed by atoms with Gasteiger partial charge in [-0.1, -0.05) is 16.8 Å². The molecule has 6 heteroatoms. The van der Waals surface area contributed by atoms with Crippen molar-refractivity contribution < 1.29 is 14.4 Å². The molecule has 1 N–H and O–H groups in total. The molecule has 1 fully saturated rings. The number of hydrogen-bond donors (Lipinski definition) is 1. The minimum absolute atomic E-state index is 0.0165. The van der Waals surface area contributed by atoms with E-state index in [9.17, 15) is 5.11 Å². The number of halogens is 1. The van der Waals surface area contributed by atoms with Gasteiger partial charge in [0, 0.05) is 12.1 Å². The van der Waals surface area contributed by atoms with Crippen LogP contribution in [-0.4, -0.2) is 22.4 Å². The number of aromatic hydroxyl groups is 1.